The quantitative estimate of drug-likeness (QED) is 0.808. The van der Waals surface area contributed by atoms with Crippen molar-refractivity contribution in [3.63, 3.8) is 0 Å². The first-order valence-electron chi connectivity index (χ1n) is 10.3. The van der Waals surface area contributed by atoms with Gasteiger partial charge in [-0.25, -0.2) is 0 Å². The maximum atomic E-state index is 10.7. The Labute approximate surface area is 158 Å². The fourth-order valence-electron chi connectivity index (χ4n) is 5.78. The van der Waals surface area contributed by atoms with Crippen molar-refractivity contribution in [2.45, 2.75) is 69.4 Å². The normalized spacial score (nSPS) is 31.6. The van der Waals surface area contributed by atoms with Crippen LogP contribution in [0.2, 0.25) is 0 Å². The molecule has 26 heavy (non-hydrogen) atoms. The first-order chi connectivity index (χ1) is 12.6. The zero-order valence-electron chi connectivity index (χ0n) is 16.5. The van der Waals surface area contributed by atoms with Crippen LogP contribution in [0.1, 0.15) is 56.6 Å². The van der Waals surface area contributed by atoms with Crippen LogP contribution in [-0.4, -0.2) is 42.9 Å². The van der Waals surface area contributed by atoms with E-state index in [1.807, 2.05) is 0 Å². The molecule has 3 heteroatoms. The summed E-state index contributed by atoms with van der Waals surface area (Å²) >= 11 is 0. The number of benzene rings is 1. The molecule has 1 heterocycles. The van der Waals surface area contributed by atoms with Crippen molar-refractivity contribution in [2.75, 3.05) is 20.7 Å². The van der Waals surface area contributed by atoms with Crippen molar-refractivity contribution in [3.05, 3.63) is 41.0 Å². The number of hydrogen-bond donors (Lipinski definition) is 1. The van der Waals surface area contributed by atoms with E-state index in [2.05, 4.69) is 43.1 Å². The van der Waals surface area contributed by atoms with E-state index in [1.165, 1.54) is 29.7 Å². The molecule has 2 bridgehead atoms. The third-order valence-corrected chi connectivity index (χ3v) is 7.38. The third kappa shape index (κ3) is 2.80. The number of aliphatic hydroxyl groups excluding tert-OH is 1. The van der Waals surface area contributed by atoms with Crippen molar-refractivity contribution in [2.24, 2.45) is 5.92 Å². The van der Waals surface area contributed by atoms with Crippen molar-refractivity contribution in [3.8, 4) is 5.75 Å². The molecular weight excluding hydrogens is 322 g/mol. The number of methoxy groups -OCH3 is 1. The van der Waals surface area contributed by atoms with Crippen LogP contribution in [0.4, 0.5) is 0 Å². The lowest BCUT2D eigenvalue weighted by Crippen LogP contribution is -2.59. The van der Waals surface area contributed by atoms with E-state index in [1.54, 1.807) is 7.11 Å². The summed E-state index contributed by atoms with van der Waals surface area (Å²) in [5.74, 6) is 1.59. The van der Waals surface area contributed by atoms with Crippen LogP contribution in [0.3, 0.4) is 0 Å². The zero-order valence-corrected chi connectivity index (χ0v) is 16.5. The number of unbranched alkanes of at least 4 members (excludes halogenated alkanes) is 1. The van der Waals surface area contributed by atoms with Gasteiger partial charge in [0.2, 0.25) is 0 Å². The molecule has 1 aromatic rings. The molecule has 0 radical (unpaired) electrons. The highest BCUT2D eigenvalue weighted by molar-refractivity contribution is 5.47. The molecule has 2 unspecified atom stereocenters. The predicted octanol–water partition coefficient (Wildman–Crippen LogP) is 4.08. The van der Waals surface area contributed by atoms with Gasteiger partial charge in [-0.15, -0.1) is 0 Å². The highest BCUT2D eigenvalue weighted by Crippen LogP contribution is 2.56. The van der Waals surface area contributed by atoms with Gasteiger partial charge < -0.3 is 14.7 Å². The molecule has 1 aromatic carbocycles. The van der Waals surface area contributed by atoms with Crippen molar-refractivity contribution in [1.29, 1.82) is 0 Å². The van der Waals surface area contributed by atoms with Gasteiger partial charge in [0, 0.05) is 11.5 Å². The maximum Gasteiger partial charge on any atom is 0.119 e. The average Bonchev–Trinajstić information content (AvgIpc) is 2.68. The fourth-order valence-corrected chi connectivity index (χ4v) is 5.78. The highest BCUT2D eigenvalue weighted by atomic mass is 16.5. The molecule has 4 rings (SSSR count). The van der Waals surface area contributed by atoms with E-state index in [0.717, 1.165) is 44.3 Å². The second-order valence-electron chi connectivity index (χ2n) is 8.63. The molecule has 1 saturated heterocycles. The van der Waals surface area contributed by atoms with Gasteiger partial charge >= 0.3 is 0 Å². The van der Waals surface area contributed by atoms with Gasteiger partial charge in [0.05, 0.1) is 13.2 Å². The molecule has 0 aromatic heterocycles. The number of likely N-dealkylation sites (tertiary alicyclic amines) is 1. The van der Waals surface area contributed by atoms with Gasteiger partial charge in [0.25, 0.3) is 0 Å². The molecule has 4 atom stereocenters. The largest absolute Gasteiger partial charge is 0.497 e. The molecule has 1 fully saturated rings. The molecule has 142 valence electrons. The minimum absolute atomic E-state index is 0.229. The monoisotopic (exact) mass is 355 g/mol. The molecular formula is C23H33NO2. The first-order valence-corrected chi connectivity index (χ1v) is 10.3. The van der Waals surface area contributed by atoms with Crippen LogP contribution in [-0.2, 0) is 11.8 Å². The smallest absolute Gasteiger partial charge is 0.119 e. The number of hydrogen-bond acceptors (Lipinski definition) is 3. The Kier molecular flexibility index (Phi) is 4.87. The molecule has 3 aliphatic rings. The Morgan fingerprint density at radius 3 is 2.96 bits per heavy atom. The summed E-state index contributed by atoms with van der Waals surface area (Å²) in [6.07, 6.45) is 9.76. The zero-order chi connectivity index (χ0) is 18.3. The minimum Gasteiger partial charge on any atom is -0.497 e. The second kappa shape index (κ2) is 7.01. The summed E-state index contributed by atoms with van der Waals surface area (Å²) in [4.78, 5) is 2.57. The SMILES string of the molecule is CCCC[C@@H](O)C1=CCC23CCN(C)C(Cc4ccc(OC)cc42)[C@H]3C1. The molecule has 0 saturated carbocycles. The summed E-state index contributed by atoms with van der Waals surface area (Å²) in [6, 6.07) is 7.29. The number of nitrogens with zero attached hydrogens (tertiary/aromatic N) is 1. The highest BCUT2D eigenvalue weighted by Gasteiger charge is 2.53. The van der Waals surface area contributed by atoms with Crippen LogP contribution in [0.5, 0.6) is 5.75 Å². The maximum absolute atomic E-state index is 10.7. The topological polar surface area (TPSA) is 32.7 Å². The number of aliphatic hydroxyl groups is 1. The lowest BCUT2D eigenvalue weighted by atomic mass is 9.52. The molecule has 1 aliphatic heterocycles. The summed E-state index contributed by atoms with van der Waals surface area (Å²) < 4.78 is 5.55. The number of allylic oxidation sites excluding steroid dienone is 1. The van der Waals surface area contributed by atoms with Crippen LogP contribution in [0, 0.1) is 5.92 Å². The van der Waals surface area contributed by atoms with E-state index in [0.29, 0.717) is 12.0 Å². The van der Waals surface area contributed by atoms with Gasteiger partial charge in [0.1, 0.15) is 5.75 Å². The van der Waals surface area contributed by atoms with Crippen LogP contribution in [0.25, 0.3) is 0 Å². The number of likely N-dealkylation sites (N-methyl/N-ethyl adjacent to an activating group) is 1. The Morgan fingerprint density at radius 1 is 1.35 bits per heavy atom. The lowest BCUT2D eigenvalue weighted by Gasteiger charge is -2.58. The van der Waals surface area contributed by atoms with Crippen LogP contribution < -0.4 is 4.74 Å². The Hall–Kier alpha value is -1.32. The van der Waals surface area contributed by atoms with Crippen molar-refractivity contribution < 1.29 is 9.84 Å². The summed E-state index contributed by atoms with van der Waals surface area (Å²) in [5.41, 5.74) is 4.55. The lowest BCUT2D eigenvalue weighted by molar-refractivity contribution is 0.0214. The fraction of sp³-hybridized carbons (Fsp3) is 0.652. The van der Waals surface area contributed by atoms with Gasteiger partial charge in [-0.05, 0) is 80.4 Å². The van der Waals surface area contributed by atoms with Crippen molar-refractivity contribution in [1.82, 2.24) is 4.90 Å². The first kappa shape index (κ1) is 18.1. The van der Waals surface area contributed by atoms with E-state index in [-0.39, 0.29) is 11.5 Å². The third-order valence-electron chi connectivity index (χ3n) is 7.38. The van der Waals surface area contributed by atoms with Crippen LogP contribution in [0.15, 0.2) is 29.8 Å². The van der Waals surface area contributed by atoms with Gasteiger partial charge in [0.15, 0.2) is 0 Å². The number of ether oxygens (including phenoxy) is 1. The Morgan fingerprint density at radius 2 is 2.19 bits per heavy atom. The molecule has 2 aliphatic carbocycles. The van der Waals surface area contributed by atoms with Gasteiger partial charge in [-0.3, -0.25) is 0 Å². The van der Waals surface area contributed by atoms with Gasteiger partial charge in [-0.1, -0.05) is 31.9 Å². The number of rotatable bonds is 5. The number of piperidine rings is 1. The van der Waals surface area contributed by atoms with E-state index in [9.17, 15) is 5.11 Å². The number of fused-ring (bicyclic) bond motifs is 1. The van der Waals surface area contributed by atoms with E-state index >= 15 is 0 Å². The summed E-state index contributed by atoms with van der Waals surface area (Å²) in [5, 5.41) is 10.7. The summed E-state index contributed by atoms with van der Waals surface area (Å²) in [6.45, 7) is 3.36. The standard InChI is InChI=1S/C23H33NO2/c1-4-5-6-22(25)17-9-10-23-11-12-24(2)21(20(23)13-17)14-16-7-8-18(26-3)15-19(16)23/h7-9,15,20-22,25H,4-6,10-14H2,1-3H3/t20-,21?,22-,23?/m1/s1. The van der Waals surface area contributed by atoms with Gasteiger partial charge in [-0.2, -0.15) is 0 Å². The van der Waals surface area contributed by atoms with E-state index in [4.69, 9.17) is 4.74 Å². The minimum atomic E-state index is -0.245. The Bertz CT molecular complexity index is 697. The summed E-state index contributed by atoms with van der Waals surface area (Å²) in [7, 11) is 4.05. The molecule has 0 spiro atoms. The van der Waals surface area contributed by atoms with Crippen molar-refractivity contribution >= 4 is 0 Å². The molecule has 0 amide bonds. The molecule has 1 N–H and O–H groups in total. The average molecular weight is 356 g/mol. The van der Waals surface area contributed by atoms with Crippen LogP contribution >= 0.6 is 0 Å². The molecule has 3 nitrogen and oxygen atoms in total. The van der Waals surface area contributed by atoms with E-state index < -0.39 is 0 Å². The predicted molar refractivity (Wildman–Crippen MR) is 106 cm³/mol. The second-order valence-corrected chi connectivity index (χ2v) is 8.63. The Balaban J connectivity index is 1.72.